The summed E-state index contributed by atoms with van der Waals surface area (Å²) in [6, 6.07) is 11.1. The zero-order valence-electron chi connectivity index (χ0n) is 14.2. The van der Waals surface area contributed by atoms with Gasteiger partial charge in [-0.05, 0) is 67.3 Å². The number of fused-ring (bicyclic) bond motifs is 2. The Morgan fingerprint density at radius 1 is 1.11 bits per heavy atom. The van der Waals surface area contributed by atoms with Crippen LogP contribution in [0.4, 0.5) is 5.69 Å². The van der Waals surface area contributed by atoms with E-state index in [1.807, 2.05) is 6.07 Å². The molecule has 3 N–H and O–H groups in total. The van der Waals surface area contributed by atoms with Crippen molar-refractivity contribution in [2.75, 3.05) is 5.32 Å². The number of aryl methyl sites for hydroxylation is 1. The number of halogens is 1. The highest BCUT2D eigenvalue weighted by Gasteiger charge is 2.24. The van der Waals surface area contributed by atoms with Crippen LogP contribution in [-0.2, 0) is 22.9 Å². The SMILES string of the molecule is NS(=O)(=O)c1ccc(NC(=O)c2c3c(nc4ccc(Cl)cc24)CCC3)cc1. The maximum Gasteiger partial charge on any atom is 0.256 e. The Bertz CT molecular complexity index is 1180. The number of carbonyl (C=O) groups is 1. The van der Waals surface area contributed by atoms with Crippen molar-refractivity contribution in [3.63, 3.8) is 0 Å². The number of carbonyl (C=O) groups excluding carboxylic acids is 1. The number of anilines is 1. The normalized spacial score (nSPS) is 13.6. The second-order valence-electron chi connectivity index (χ2n) is 6.45. The van der Waals surface area contributed by atoms with Crippen LogP contribution >= 0.6 is 11.6 Å². The first-order valence-corrected chi connectivity index (χ1v) is 10.3. The molecule has 4 rings (SSSR count). The minimum atomic E-state index is -3.78. The fourth-order valence-corrected chi connectivity index (χ4v) is 4.10. The number of amides is 1. The molecule has 0 spiro atoms. The van der Waals surface area contributed by atoms with E-state index in [-0.39, 0.29) is 10.8 Å². The minimum Gasteiger partial charge on any atom is -0.322 e. The summed E-state index contributed by atoms with van der Waals surface area (Å²) >= 11 is 6.14. The van der Waals surface area contributed by atoms with Gasteiger partial charge in [0, 0.05) is 21.8 Å². The zero-order chi connectivity index (χ0) is 19.2. The number of nitrogens with one attached hydrogen (secondary N) is 1. The summed E-state index contributed by atoms with van der Waals surface area (Å²) < 4.78 is 22.7. The highest BCUT2D eigenvalue weighted by atomic mass is 35.5. The van der Waals surface area contributed by atoms with Crippen molar-refractivity contribution in [3.8, 4) is 0 Å². The molecule has 2 aromatic carbocycles. The molecule has 27 heavy (non-hydrogen) atoms. The zero-order valence-corrected chi connectivity index (χ0v) is 15.8. The predicted octanol–water partition coefficient (Wildman–Crippen LogP) is 3.28. The topological polar surface area (TPSA) is 102 Å². The molecule has 0 bridgehead atoms. The Labute approximate surface area is 161 Å². The predicted molar refractivity (Wildman–Crippen MR) is 105 cm³/mol. The minimum absolute atomic E-state index is 0.0115. The third kappa shape index (κ3) is 3.41. The largest absolute Gasteiger partial charge is 0.322 e. The highest BCUT2D eigenvalue weighted by Crippen LogP contribution is 2.32. The maximum absolute atomic E-state index is 13.1. The molecule has 1 aromatic heterocycles. The number of hydrogen-bond acceptors (Lipinski definition) is 4. The van der Waals surface area contributed by atoms with Gasteiger partial charge in [0.15, 0.2) is 0 Å². The van der Waals surface area contributed by atoms with Crippen LogP contribution < -0.4 is 10.5 Å². The Morgan fingerprint density at radius 2 is 1.85 bits per heavy atom. The van der Waals surface area contributed by atoms with E-state index in [0.717, 1.165) is 36.0 Å². The monoisotopic (exact) mass is 401 g/mol. The Balaban J connectivity index is 1.76. The van der Waals surface area contributed by atoms with Gasteiger partial charge in [-0.1, -0.05) is 11.6 Å². The number of aromatic nitrogens is 1. The van der Waals surface area contributed by atoms with E-state index in [1.54, 1.807) is 12.1 Å². The van der Waals surface area contributed by atoms with Gasteiger partial charge >= 0.3 is 0 Å². The summed E-state index contributed by atoms with van der Waals surface area (Å²) in [5.41, 5.74) is 3.68. The molecule has 1 heterocycles. The number of pyridine rings is 1. The van der Waals surface area contributed by atoms with Crippen LogP contribution in [0.3, 0.4) is 0 Å². The second-order valence-corrected chi connectivity index (χ2v) is 8.45. The first kappa shape index (κ1) is 17.9. The number of hydrogen-bond donors (Lipinski definition) is 2. The standard InChI is InChI=1S/C19H16ClN3O3S/c20-11-4-9-17-15(10-11)18(14-2-1-3-16(14)23-17)19(24)22-12-5-7-13(8-6-12)27(21,25)26/h4-10H,1-3H2,(H,22,24)(H2,21,25,26). The summed E-state index contributed by atoms with van der Waals surface area (Å²) in [6.07, 6.45) is 2.59. The fourth-order valence-electron chi connectivity index (χ4n) is 3.42. The van der Waals surface area contributed by atoms with Crippen molar-refractivity contribution in [1.82, 2.24) is 4.98 Å². The lowest BCUT2D eigenvalue weighted by atomic mass is 10.0. The van der Waals surface area contributed by atoms with Gasteiger partial charge in [-0.2, -0.15) is 0 Å². The molecular formula is C19H16ClN3O3S. The van der Waals surface area contributed by atoms with Gasteiger partial charge < -0.3 is 5.32 Å². The molecule has 1 aliphatic rings. The van der Waals surface area contributed by atoms with Crippen LogP contribution in [-0.4, -0.2) is 19.3 Å². The van der Waals surface area contributed by atoms with Gasteiger partial charge in [0.25, 0.3) is 5.91 Å². The molecule has 0 unspecified atom stereocenters. The summed E-state index contributed by atoms with van der Waals surface area (Å²) in [5, 5.41) is 9.18. The molecule has 138 valence electrons. The number of benzene rings is 2. The smallest absolute Gasteiger partial charge is 0.256 e. The van der Waals surface area contributed by atoms with Gasteiger partial charge in [0.2, 0.25) is 10.0 Å². The van der Waals surface area contributed by atoms with E-state index >= 15 is 0 Å². The number of nitrogens with two attached hydrogens (primary N) is 1. The molecule has 1 aliphatic carbocycles. The van der Waals surface area contributed by atoms with E-state index in [4.69, 9.17) is 16.7 Å². The van der Waals surface area contributed by atoms with Crippen molar-refractivity contribution >= 4 is 44.1 Å². The maximum atomic E-state index is 13.1. The molecule has 3 aromatic rings. The lowest BCUT2D eigenvalue weighted by Gasteiger charge is -2.13. The van der Waals surface area contributed by atoms with Gasteiger partial charge in [0.1, 0.15) is 0 Å². The molecule has 0 saturated heterocycles. The first-order chi connectivity index (χ1) is 12.8. The molecule has 0 fully saturated rings. The van der Waals surface area contributed by atoms with Gasteiger partial charge in [-0.15, -0.1) is 0 Å². The molecule has 8 heteroatoms. The average molecular weight is 402 g/mol. The van der Waals surface area contributed by atoms with Gasteiger partial charge in [-0.3, -0.25) is 9.78 Å². The molecule has 0 radical (unpaired) electrons. The molecule has 0 atom stereocenters. The first-order valence-electron chi connectivity index (χ1n) is 8.38. The molecule has 0 saturated carbocycles. The third-order valence-corrected chi connectivity index (χ3v) is 5.81. The van der Waals surface area contributed by atoms with Crippen LogP contribution in [0.5, 0.6) is 0 Å². The van der Waals surface area contributed by atoms with Crippen LogP contribution in [0.25, 0.3) is 10.9 Å². The molecule has 6 nitrogen and oxygen atoms in total. The fraction of sp³-hybridized carbons (Fsp3) is 0.158. The quantitative estimate of drug-likeness (QED) is 0.702. The summed E-state index contributed by atoms with van der Waals surface area (Å²) in [5.74, 6) is -0.272. The third-order valence-electron chi connectivity index (χ3n) is 4.64. The van der Waals surface area contributed by atoms with Crippen LogP contribution in [0, 0.1) is 0 Å². The van der Waals surface area contributed by atoms with E-state index < -0.39 is 10.0 Å². The molecule has 1 amide bonds. The average Bonchev–Trinajstić information content (AvgIpc) is 3.07. The highest BCUT2D eigenvalue weighted by molar-refractivity contribution is 7.89. The van der Waals surface area contributed by atoms with Crippen molar-refractivity contribution in [1.29, 1.82) is 0 Å². The Morgan fingerprint density at radius 3 is 2.56 bits per heavy atom. The number of primary sulfonamides is 1. The summed E-state index contributed by atoms with van der Waals surface area (Å²) in [7, 11) is -3.78. The van der Waals surface area contributed by atoms with Crippen LogP contribution in [0.1, 0.15) is 28.0 Å². The van der Waals surface area contributed by atoms with Gasteiger partial charge in [-0.25, -0.2) is 13.6 Å². The van der Waals surface area contributed by atoms with E-state index in [1.165, 1.54) is 24.3 Å². The second kappa shape index (κ2) is 6.60. The lowest BCUT2D eigenvalue weighted by molar-refractivity contribution is 0.102. The van der Waals surface area contributed by atoms with E-state index in [9.17, 15) is 13.2 Å². The number of rotatable bonds is 3. The lowest BCUT2D eigenvalue weighted by Crippen LogP contribution is -2.16. The van der Waals surface area contributed by atoms with Gasteiger partial charge in [0.05, 0.1) is 16.0 Å². The van der Waals surface area contributed by atoms with Crippen LogP contribution in [0.2, 0.25) is 5.02 Å². The van der Waals surface area contributed by atoms with Crippen LogP contribution in [0.15, 0.2) is 47.4 Å². The Hall–Kier alpha value is -2.48. The van der Waals surface area contributed by atoms with E-state index in [0.29, 0.717) is 21.7 Å². The van der Waals surface area contributed by atoms with E-state index in [2.05, 4.69) is 10.3 Å². The molecular weight excluding hydrogens is 386 g/mol. The van der Waals surface area contributed by atoms with Crippen molar-refractivity contribution in [2.24, 2.45) is 5.14 Å². The number of sulfonamides is 1. The summed E-state index contributed by atoms with van der Waals surface area (Å²) in [6.45, 7) is 0. The summed E-state index contributed by atoms with van der Waals surface area (Å²) in [4.78, 5) is 17.7. The number of nitrogens with zero attached hydrogens (tertiary/aromatic N) is 1. The molecule has 0 aliphatic heterocycles. The van der Waals surface area contributed by atoms with Crippen molar-refractivity contribution in [3.05, 3.63) is 64.3 Å². The van der Waals surface area contributed by atoms with Crippen molar-refractivity contribution < 1.29 is 13.2 Å². The van der Waals surface area contributed by atoms with Crippen molar-refractivity contribution in [2.45, 2.75) is 24.2 Å². The Kier molecular flexibility index (Phi) is 4.38.